The highest BCUT2D eigenvalue weighted by Crippen LogP contribution is 2.31. The third-order valence-electron chi connectivity index (χ3n) is 2.78. The normalized spacial score (nSPS) is 16.7. The number of ether oxygens (including phenoxy) is 2. The van der Waals surface area contributed by atoms with Crippen molar-refractivity contribution in [3.8, 4) is 5.75 Å². The summed E-state index contributed by atoms with van der Waals surface area (Å²) < 4.78 is 44.2. The van der Waals surface area contributed by atoms with Gasteiger partial charge in [-0.25, -0.2) is 0 Å². The molecule has 0 aromatic heterocycles. The van der Waals surface area contributed by atoms with Gasteiger partial charge in [0.15, 0.2) is 0 Å². The quantitative estimate of drug-likeness (QED) is 0.522. The maximum atomic E-state index is 11.8. The lowest BCUT2D eigenvalue weighted by Gasteiger charge is -2.11. The molecule has 2 rings (SSSR count). The molecular formula is C12H12F3NO3. The minimum Gasteiger partial charge on any atom is -0.491 e. The third-order valence-corrected chi connectivity index (χ3v) is 2.78. The van der Waals surface area contributed by atoms with Crippen molar-refractivity contribution in [1.29, 1.82) is 0 Å². The van der Waals surface area contributed by atoms with Gasteiger partial charge < -0.3 is 9.94 Å². The summed E-state index contributed by atoms with van der Waals surface area (Å²) in [6.07, 6.45) is -3.41. The van der Waals surface area contributed by atoms with Crippen LogP contribution in [0.2, 0.25) is 0 Å². The summed E-state index contributed by atoms with van der Waals surface area (Å²) in [5.74, 6) is 0.502. The predicted octanol–water partition coefficient (Wildman–Crippen LogP) is 2.73. The molecular weight excluding hydrogens is 263 g/mol. The summed E-state index contributed by atoms with van der Waals surface area (Å²) in [5, 5.41) is 12.0. The van der Waals surface area contributed by atoms with E-state index in [1.54, 1.807) is 18.2 Å². The van der Waals surface area contributed by atoms with E-state index < -0.39 is 13.0 Å². The summed E-state index contributed by atoms with van der Waals surface area (Å²) in [5.41, 5.74) is 2.19. The first-order chi connectivity index (χ1) is 9.01. The molecule has 0 aliphatic heterocycles. The molecule has 0 saturated heterocycles. The molecule has 0 unspecified atom stereocenters. The highest BCUT2D eigenvalue weighted by atomic mass is 19.4. The second kappa shape index (κ2) is 5.48. The van der Waals surface area contributed by atoms with Gasteiger partial charge in [0.05, 0.1) is 12.3 Å². The minimum absolute atomic E-state index is 0.193. The van der Waals surface area contributed by atoms with Crippen LogP contribution in [0.5, 0.6) is 5.75 Å². The Morgan fingerprint density at radius 1 is 1.21 bits per heavy atom. The molecule has 0 spiro atoms. The average Bonchev–Trinajstić information content (AvgIpc) is 2.77. The molecule has 104 valence electrons. The van der Waals surface area contributed by atoms with Crippen LogP contribution in [0, 0.1) is 0 Å². The molecule has 0 heterocycles. The number of oxime groups is 1. The van der Waals surface area contributed by atoms with E-state index in [-0.39, 0.29) is 6.61 Å². The molecule has 0 fully saturated rings. The van der Waals surface area contributed by atoms with Crippen molar-refractivity contribution in [2.45, 2.75) is 19.2 Å². The molecule has 0 atom stereocenters. The molecule has 1 N–H and O–H groups in total. The van der Waals surface area contributed by atoms with Gasteiger partial charge in [0.2, 0.25) is 0 Å². The van der Waals surface area contributed by atoms with Gasteiger partial charge in [0.1, 0.15) is 12.4 Å². The number of nitrogens with zero attached hydrogens (tertiary/aromatic N) is 1. The maximum absolute atomic E-state index is 11.8. The number of fused-ring (bicyclic) bond motifs is 1. The van der Waals surface area contributed by atoms with Crippen molar-refractivity contribution in [2.24, 2.45) is 5.16 Å². The number of hydrogen-bond donors (Lipinski definition) is 1. The van der Waals surface area contributed by atoms with Crippen molar-refractivity contribution in [3.63, 3.8) is 0 Å². The standard InChI is InChI=1S/C12H12F3NO3/c13-12(14,15)19-7-6-18-11-3-1-2-8-9(11)4-5-10(8)16-17/h1-3,17H,4-7H2. The Morgan fingerprint density at radius 2 is 2.00 bits per heavy atom. The van der Waals surface area contributed by atoms with Gasteiger partial charge in [-0.3, -0.25) is 4.74 Å². The van der Waals surface area contributed by atoms with E-state index in [1.807, 2.05) is 0 Å². The van der Waals surface area contributed by atoms with E-state index in [4.69, 9.17) is 9.94 Å². The number of halogens is 3. The second-order valence-corrected chi connectivity index (χ2v) is 3.97. The maximum Gasteiger partial charge on any atom is 0.522 e. The fourth-order valence-corrected chi connectivity index (χ4v) is 2.02. The molecule has 0 amide bonds. The van der Waals surface area contributed by atoms with Gasteiger partial charge in [0.25, 0.3) is 0 Å². The summed E-state index contributed by atoms with van der Waals surface area (Å²) in [6.45, 7) is -0.754. The lowest BCUT2D eigenvalue weighted by atomic mass is 10.1. The zero-order chi connectivity index (χ0) is 13.9. The van der Waals surface area contributed by atoms with Gasteiger partial charge >= 0.3 is 6.36 Å². The highest BCUT2D eigenvalue weighted by Gasteiger charge is 2.29. The Bertz CT molecular complexity index is 486. The first-order valence-corrected chi connectivity index (χ1v) is 5.68. The van der Waals surface area contributed by atoms with Gasteiger partial charge in [0, 0.05) is 11.1 Å². The van der Waals surface area contributed by atoms with E-state index in [9.17, 15) is 13.2 Å². The topological polar surface area (TPSA) is 51.1 Å². The lowest BCUT2D eigenvalue weighted by molar-refractivity contribution is -0.325. The van der Waals surface area contributed by atoms with Crippen LogP contribution in [0.1, 0.15) is 17.5 Å². The summed E-state index contributed by atoms with van der Waals surface area (Å²) >= 11 is 0. The van der Waals surface area contributed by atoms with Crippen molar-refractivity contribution >= 4 is 5.71 Å². The van der Waals surface area contributed by atoms with Gasteiger partial charge in [-0.1, -0.05) is 17.3 Å². The van der Waals surface area contributed by atoms with Gasteiger partial charge in [-0.2, -0.15) is 0 Å². The molecule has 0 bridgehead atoms. The zero-order valence-electron chi connectivity index (χ0n) is 9.91. The van der Waals surface area contributed by atoms with Crippen molar-refractivity contribution in [1.82, 2.24) is 0 Å². The van der Waals surface area contributed by atoms with Crippen LogP contribution in [-0.4, -0.2) is 30.5 Å². The minimum atomic E-state index is -4.64. The van der Waals surface area contributed by atoms with E-state index in [0.29, 0.717) is 24.3 Å². The van der Waals surface area contributed by atoms with E-state index in [2.05, 4.69) is 9.89 Å². The van der Waals surface area contributed by atoms with Gasteiger partial charge in [-0.05, 0) is 18.9 Å². The Morgan fingerprint density at radius 3 is 2.68 bits per heavy atom. The molecule has 0 saturated carbocycles. The Balaban J connectivity index is 1.97. The van der Waals surface area contributed by atoms with E-state index in [0.717, 1.165) is 11.1 Å². The number of benzene rings is 1. The van der Waals surface area contributed by atoms with E-state index in [1.165, 1.54) is 0 Å². The average molecular weight is 275 g/mol. The first-order valence-electron chi connectivity index (χ1n) is 5.68. The lowest BCUT2D eigenvalue weighted by Crippen LogP contribution is -2.18. The van der Waals surface area contributed by atoms with Crippen LogP contribution >= 0.6 is 0 Å². The molecule has 1 aliphatic rings. The molecule has 1 aliphatic carbocycles. The summed E-state index contributed by atoms with van der Waals surface area (Å²) in [6, 6.07) is 5.17. The summed E-state index contributed by atoms with van der Waals surface area (Å²) in [4.78, 5) is 0. The van der Waals surface area contributed by atoms with Crippen LogP contribution < -0.4 is 4.74 Å². The largest absolute Gasteiger partial charge is 0.522 e. The molecule has 0 radical (unpaired) electrons. The van der Waals surface area contributed by atoms with E-state index >= 15 is 0 Å². The van der Waals surface area contributed by atoms with Crippen LogP contribution in [0.4, 0.5) is 13.2 Å². The molecule has 1 aromatic rings. The fraction of sp³-hybridized carbons (Fsp3) is 0.417. The van der Waals surface area contributed by atoms with Crippen LogP contribution in [-0.2, 0) is 11.2 Å². The smallest absolute Gasteiger partial charge is 0.491 e. The third kappa shape index (κ3) is 3.37. The van der Waals surface area contributed by atoms with Crippen LogP contribution in [0.25, 0.3) is 0 Å². The number of hydrogen-bond acceptors (Lipinski definition) is 4. The van der Waals surface area contributed by atoms with Crippen molar-refractivity contribution in [3.05, 3.63) is 29.3 Å². The monoisotopic (exact) mass is 275 g/mol. The number of alkyl halides is 3. The first kappa shape index (κ1) is 13.7. The fourth-order valence-electron chi connectivity index (χ4n) is 2.02. The zero-order valence-corrected chi connectivity index (χ0v) is 9.91. The van der Waals surface area contributed by atoms with Crippen molar-refractivity contribution in [2.75, 3.05) is 13.2 Å². The van der Waals surface area contributed by atoms with Crippen LogP contribution in [0.15, 0.2) is 23.4 Å². The SMILES string of the molecule is ON=C1CCc2c(OCCOC(F)(F)F)cccc21. The molecule has 7 heteroatoms. The van der Waals surface area contributed by atoms with Crippen LogP contribution in [0.3, 0.4) is 0 Å². The molecule has 4 nitrogen and oxygen atoms in total. The van der Waals surface area contributed by atoms with Gasteiger partial charge in [-0.15, -0.1) is 13.2 Å². The Hall–Kier alpha value is -1.76. The summed E-state index contributed by atoms with van der Waals surface area (Å²) in [7, 11) is 0. The molecule has 19 heavy (non-hydrogen) atoms. The second-order valence-electron chi connectivity index (χ2n) is 3.97. The Labute approximate surface area is 107 Å². The van der Waals surface area contributed by atoms with Crippen molar-refractivity contribution < 1.29 is 27.9 Å². The highest BCUT2D eigenvalue weighted by molar-refractivity contribution is 6.04. The Kier molecular flexibility index (Phi) is 3.94. The molecule has 1 aromatic carbocycles. The number of rotatable bonds is 4. The predicted molar refractivity (Wildman–Crippen MR) is 60.6 cm³/mol.